The van der Waals surface area contributed by atoms with E-state index in [0.29, 0.717) is 6.54 Å². The fourth-order valence-corrected chi connectivity index (χ4v) is 3.78. The summed E-state index contributed by atoms with van der Waals surface area (Å²) in [5.41, 5.74) is -0.639. The topological polar surface area (TPSA) is 123 Å². The highest BCUT2D eigenvalue weighted by molar-refractivity contribution is 7.92. The maximum absolute atomic E-state index is 12.6. The molecule has 1 amide bonds. The Labute approximate surface area is 131 Å². The van der Waals surface area contributed by atoms with E-state index in [1.807, 2.05) is 0 Å². The highest BCUT2D eigenvalue weighted by atomic mass is 32.2. The van der Waals surface area contributed by atoms with E-state index in [9.17, 15) is 23.2 Å². The second-order valence-electron chi connectivity index (χ2n) is 5.81. The summed E-state index contributed by atoms with van der Waals surface area (Å²) in [6, 6.07) is 1.04. The number of hydrogen-bond donors (Lipinski definition) is 2. The second kappa shape index (κ2) is 4.82. The van der Waals surface area contributed by atoms with Gasteiger partial charge in [-0.05, 0) is 26.8 Å². The van der Waals surface area contributed by atoms with Crippen molar-refractivity contribution in [3.8, 4) is 0 Å². The van der Waals surface area contributed by atoms with Crippen LogP contribution in [0.15, 0.2) is 15.9 Å². The Morgan fingerprint density at radius 2 is 2.04 bits per heavy atom. The molecule has 3 heterocycles. The monoisotopic (exact) mass is 340 g/mol. The van der Waals surface area contributed by atoms with Crippen molar-refractivity contribution in [2.75, 3.05) is 6.54 Å². The van der Waals surface area contributed by atoms with Crippen molar-refractivity contribution in [1.29, 1.82) is 0 Å². The van der Waals surface area contributed by atoms with Gasteiger partial charge in [0.2, 0.25) is 14.9 Å². The summed E-state index contributed by atoms with van der Waals surface area (Å²) in [5.74, 6) is -0.406. The summed E-state index contributed by atoms with van der Waals surface area (Å²) in [6.07, 6.45) is 0. The molecule has 10 heteroatoms. The largest absolute Gasteiger partial charge is 0.409 e. The number of nitrogens with one attached hydrogen (secondary N) is 1. The van der Waals surface area contributed by atoms with Gasteiger partial charge in [0.05, 0.1) is 16.2 Å². The molecule has 23 heavy (non-hydrogen) atoms. The molecule has 1 aliphatic rings. The minimum atomic E-state index is -3.87. The maximum Gasteiger partial charge on any atom is 0.312 e. The molecule has 0 radical (unpaired) electrons. The predicted molar refractivity (Wildman–Crippen MR) is 80.5 cm³/mol. The van der Waals surface area contributed by atoms with Crippen molar-refractivity contribution >= 4 is 26.6 Å². The summed E-state index contributed by atoms with van der Waals surface area (Å²) in [7, 11) is -3.87. The molecule has 0 spiro atoms. The third-order valence-electron chi connectivity index (χ3n) is 3.96. The van der Waals surface area contributed by atoms with Crippen LogP contribution < -0.4 is 10.9 Å². The Kier molecular flexibility index (Phi) is 3.25. The number of amides is 1. The van der Waals surface area contributed by atoms with Crippen molar-refractivity contribution in [2.45, 2.75) is 37.1 Å². The van der Waals surface area contributed by atoms with Crippen molar-refractivity contribution < 1.29 is 18.4 Å². The van der Waals surface area contributed by atoms with E-state index in [4.69, 9.17) is 0 Å². The van der Waals surface area contributed by atoms with Crippen LogP contribution in [0.2, 0.25) is 0 Å². The van der Waals surface area contributed by atoms with Gasteiger partial charge in [-0.25, -0.2) is 8.42 Å². The first-order valence-electron chi connectivity index (χ1n) is 7.06. The summed E-state index contributed by atoms with van der Waals surface area (Å²) in [5, 5.41) is 14.6. The number of carbonyl (C=O) groups is 1. The Morgan fingerprint density at radius 1 is 1.39 bits per heavy atom. The van der Waals surface area contributed by atoms with Crippen molar-refractivity contribution in [3.05, 3.63) is 22.1 Å². The Morgan fingerprint density at radius 3 is 2.65 bits per heavy atom. The number of aromatic nitrogens is 3. The van der Waals surface area contributed by atoms with Crippen LogP contribution in [0.1, 0.15) is 37.3 Å². The van der Waals surface area contributed by atoms with E-state index >= 15 is 0 Å². The second-order valence-corrected chi connectivity index (χ2v) is 8.23. The maximum atomic E-state index is 12.6. The quantitative estimate of drug-likeness (QED) is 0.737. The third kappa shape index (κ3) is 2.05. The van der Waals surface area contributed by atoms with Crippen LogP contribution in [0.4, 0.5) is 0 Å². The molecule has 0 aliphatic carbocycles. The molecular weight excluding hydrogens is 324 g/mol. The molecule has 1 atom stereocenters. The van der Waals surface area contributed by atoms with E-state index in [2.05, 4.69) is 10.4 Å². The van der Waals surface area contributed by atoms with Gasteiger partial charge >= 0.3 is 5.56 Å². The van der Waals surface area contributed by atoms with Crippen LogP contribution in [0.3, 0.4) is 0 Å². The summed E-state index contributed by atoms with van der Waals surface area (Å²) in [4.78, 5) is 24.1. The van der Waals surface area contributed by atoms with E-state index in [0.717, 1.165) is 0 Å². The molecule has 2 aromatic heterocycles. The van der Waals surface area contributed by atoms with Crippen molar-refractivity contribution in [1.82, 2.24) is 19.8 Å². The standard InChI is InChI=1S/C13H16N4O5S/c1-6(2)23(21,22)12-10-8(13(19)17(20)15-12)4-9-11(18)14-5-7(3)16(9)10/h4,6-7,20H,5H2,1-3H3,(H,14,18). The molecule has 1 aliphatic heterocycles. The van der Waals surface area contributed by atoms with Crippen LogP contribution in [0.25, 0.3) is 10.9 Å². The van der Waals surface area contributed by atoms with Gasteiger partial charge in [-0.3, -0.25) is 9.59 Å². The van der Waals surface area contributed by atoms with Crippen molar-refractivity contribution in [2.24, 2.45) is 0 Å². The minimum Gasteiger partial charge on any atom is -0.409 e. The smallest absolute Gasteiger partial charge is 0.312 e. The van der Waals surface area contributed by atoms with Crippen LogP contribution in [0.5, 0.6) is 0 Å². The number of carbonyl (C=O) groups excluding carboxylic acids is 1. The first-order chi connectivity index (χ1) is 10.7. The van der Waals surface area contributed by atoms with E-state index < -0.39 is 31.6 Å². The molecular formula is C13H16N4O5S. The summed E-state index contributed by atoms with van der Waals surface area (Å²) >= 11 is 0. The van der Waals surface area contributed by atoms with Crippen LogP contribution in [-0.2, 0) is 9.84 Å². The number of rotatable bonds is 2. The van der Waals surface area contributed by atoms with E-state index in [1.54, 1.807) is 6.92 Å². The van der Waals surface area contributed by atoms with Gasteiger partial charge in [-0.15, -0.1) is 5.10 Å². The van der Waals surface area contributed by atoms with Gasteiger partial charge in [0.15, 0.2) is 0 Å². The molecule has 3 rings (SSSR count). The molecule has 2 N–H and O–H groups in total. The average molecular weight is 340 g/mol. The molecule has 0 saturated carbocycles. The molecule has 0 fully saturated rings. The van der Waals surface area contributed by atoms with Crippen LogP contribution in [-0.4, -0.2) is 45.8 Å². The predicted octanol–water partition coefficient (Wildman–Crippen LogP) is -0.0782. The Bertz CT molecular complexity index is 986. The molecule has 0 aromatic carbocycles. The van der Waals surface area contributed by atoms with Crippen molar-refractivity contribution in [3.63, 3.8) is 0 Å². The highest BCUT2D eigenvalue weighted by Gasteiger charge is 2.33. The van der Waals surface area contributed by atoms with Gasteiger partial charge in [0.25, 0.3) is 5.91 Å². The summed E-state index contributed by atoms with van der Waals surface area (Å²) in [6.45, 7) is 5.05. The van der Waals surface area contributed by atoms with Crippen LogP contribution >= 0.6 is 0 Å². The number of sulfone groups is 1. The normalized spacial score (nSPS) is 18.3. The SMILES string of the molecule is CC1CNC(=O)c2cc3c(=O)n(O)nc(S(=O)(=O)C(C)C)c3n21. The fraction of sp³-hybridized carbons (Fsp3) is 0.462. The lowest BCUT2D eigenvalue weighted by Gasteiger charge is -2.24. The Balaban J connectivity index is 2.55. The number of hydrogen-bond acceptors (Lipinski definition) is 6. The first-order valence-corrected chi connectivity index (χ1v) is 8.60. The molecule has 0 saturated heterocycles. The zero-order valence-corrected chi connectivity index (χ0v) is 13.6. The molecule has 124 valence electrons. The fourth-order valence-electron chi connectivity index (χ4n) is 2.66. The number of fused-ring (bicyclic) bond motifs is 3. The van der Waals surface area contributed by atoms with Gasteiger partial charge in [0, 0.05) is 12.6 Å². The molecule has 0 bridgehead atoms. The van der Waals surface area contributed by atoms with Gasteiger partial charge in [-0.2, -0.15) is 0 Å². The van der Waals surface area contributed by atoms with E-state index in [1.165, 1.54) is 24.5 Å². The number of nitrogens with zero attached hydrogens (tertiary/aromatic N) is 3. The van der Waals surface area contributed by atoms with Gasteiger partial charge < -0.3 is 15.1 Å². The van der Waals surface area contributed by atoms with Gasteiger partial charge in [0.1, 0.15) is 5.69 Å². The van der Waals surface area contributed by atoms with E-state index in [-0.39, 0.29) is 27.5 Å². The summed E-state index contributed by atoms with van der Waals surface area (Å²) < 4.78 is 26.7. The lowest BCUT2D eigenvalue weighted by molar-refractivity contribution is 0.0919. The Hall–Kier alpha value is -2.36. The lowest BCUT2D eigenvalue weighted by Crippen LogP contribution is -2.37. The average Bonchev–Trinajstić information content (AvgIpc) is 2.88. The van der Waals surface area contributed by atoms with Gasteiger partial charge in [-0.1, -0.05) is 4.85 Å². The molecule has 2 aromatic rings. The third-order valence-corrected chi connectivity index (χ3v) is 6.01. The van der Waals surface area contributed by atoms with Crippen LogP contribution in [0, 0.1) is 0 Å². The zero-order chi connectivity index (χ0) is 17.1. The zero-order valence-electron chi connectivity index (χ0n) is 12.8. The highest BCUT2D eigenvalue weighted by Crippen LogP contribution is 2.29. The molecule has 9 nitrogen and oxygen atoms in total. The first kappa shape index (κ1) is 15.5. The minimum absolute atomic E-state index is 0.00613. The molecule has 1 unspecified atom stereocenters. The lowest BCUT2D eigenvalue weighted by atomic mass is 10.2.